The lowest BCUT2D eigenvalue weighted by Gasteiger charge is -2.14. The number of benzene rings is 2. The van der Waals surface area contributed by atoms with E-state index in [-0.39, 0.29) is 0 Å². The van der Waals surface area contributed by atoms with Gasteiger partial charge >= 0.3 is 0 Å². The van der Waals surface area contributed by atoms with Crippen LogP contribution in [0.5, 0.6) is 17.2 Å². The second kappa shape index (κ2) is 6.96. The molecule has 0 spiro atoms. The lowest BCUT2D eigenvalue weighted by molar-refractivity contribution is 0.323. The molecule has 0 atom stereocenters. The van der Waals surface area contributed by atoms with Gasteiger partial charge in [-0.1, -0.05) is 18.2 Å². The van der Waals surface area contributed by atoms with E-state index in [0.717, 1.165) is 10.6 Å². The largest absolute Gasteiger partial charge is 0.493 e. The van der Waals surface area contributed by atoms with Gasteiger partial charge in [0.05, 0.1) is 21.3 Å². The van der Waals surface area contributed by atoms with Crippen molar-refractivity contribution in [3.8, 4) is 17.2 Å². The summed E-state index contributed by atoms with van der Waals surface area (Å²) in [6.07, 6.45) is 0. The van der Waals surface area contributed by atoms with Crippen LogP contribution in [-0.4, -0.2) is 21.3 Å². The first-order valence-corrected chi connectivity index (χ1v) is 6.88. The molecule has 0 heterocycles. The minimum atomic E-state index is 0.596. The van der Waals surface area contributed by atoms with Gasteiger partial charge in [0.15, 0.2) is 11.5 Å². The number of rotatable bonds is 6. The molecule has 0 fully saturated rings. The quantitative estimate of drug-likeness (QED) is 0.819. The fourth-order valence-corrected chi connectivity index (χ4v) is 2.44. The summed E-state index contributed by atoms with van der Waals surface area (Å²) in [6.45, 7) is 0. The molecular weight excluding hydrogens is 274 g/mol. The second-order valence-corrected chi connectivity index (χ2v) is 4.81. The lowest BCUT2D eigenvalue weighted by Crippen LogP contribution is -1.96. The SMILES string of the molecule is COc1cc(SNc2ccccc2)cc(OC)c1OC. The summed E-state index contributed by atoms with van der Waals surface area (Å²) in [6, 6.07) is 13.8. The fourth-order valence-electron chi connectivity index (χ4n) is 1.74. The molecule has 2 rings (SSSR count). The molecule has 0 aliphatic carbocycles. The van der Waals surface area contributed by atoms with Crippen LogP contribution in [0.3, 0.4) is 0 Å². The number of anilines is 1. The molecule has 1 N–H and O–H groups in total. The van der Waals surface area contributed by atoms with Crippen LogP contribution in [0.25, 0.3) is 0 Å². The van der Waals surface area contributed by atoms with Crippen LogP contribution in [0.4, 0.5) is 5.69 Å². The molecule has 0 aliphatic rings. The van der Waals surface area contributed by atoms with Crippen molar-refractivity contribution in [2.24, 2.45) is 0 Å². The van der Waals surface area contributed by atoms with E-state index in [1.54, 1.807) is 21.3 Å². The van der Waals surface area contributed by atoms with Crippen molar-refractivity contribution in [1.82, 2.24) is 0 Å². The molecule has 20 heavy (non-hydrogen) atoms. The van der Waals surface area contributed by atoms with E-state index < -0.39 is 0 Å². The van der Waals surface area contributed by atoms with Gasteiger partial charge in [-0.15, -0.1) is 0 Å². The third kappa shape index (κ3) is 3.30. The minimum absolute atomic E-state index is 0.596. The van der Waals surface area contributed by atoms with Gasteiger partial charge < -0.3 is 18.9 Å². The average molecular weight is 291 g/mol. The molecule has 4 nitrogen and oxygen atoms in total. The summed E-state index contributed by atoms with van der Waals surface area (Å²) in [7, 11) is 4.81. The zero-order valence-corrected chi connectivity index (χ0v) is 12.5. The summed E-state index contributed by atoms with van der Waals surface area (Å²) in [4.78, 5) is 0.975. The summed E-state index contributed by atoms with van der Waals surface area (Å²) in [5.74, 6) is 1.88. The van der Waals surface area contributed by atoms with Crippen LogP contribution in [0, 0.1) is 0 Å². The van der Waals surface area contributed by atoms with Gasteiger partial charge in [-0.2, -0.15) is 0 Å². The first kappa shape index (κ1) is 14.4. The van der Waals surface area contributed by atoms with E-state index in [4.69, 9.17) is 14.2 Å². The smallest absolute Gasteiger partial charge is 0.203 e. The Balaban J connectivity index is 2.19. The number of nitrogens with one attached hydrogen (secondary N) is 1. The summed E-state index contributed by atoms with van der Waals surface area (Å²) in [5.41, 5.74) is 1.03. The first-order valence-electron chi connectivity index (χ1n) is 6.06. The van der Waals surface area contributed by atoms with E-state index in [2.05, 4.69) is 4.72 Å². The van der Waals surface area contributed by atoms with Crippen molar-refractivity contribution in [2.75, 3.05) is 26.1 Å². The van der Waals surface area contributed by atoms with E-state index in [0.29, 0.717) is 17.2 Å². The molecule has 0 unspecified atom stereocenters. The third-order valence-electron chi connectivity index (χ3n) is 2.70. The number of ether oxygens (including phenoxy) is 3. The van der Waals surface area contributed by atoms with Gasteiger partial charge in [0.2, 0.25) is 5.75 Å². The molecular formula is C15H17NO3S. The van der Waals surface area contributed by atoms with Gasteiger partial charge in [-0.25, -0.2) is 0 Å². The Morgan fingerprint density at radius 1 is 0.850 bits per heavy atom. The highest BCUT2D eigenvalue weighted by atomic mass is 32.2. The maximum absolute atomic E-state index is 5.33. The Bertz CT molecular complexity index is 535. The van der Waals surface area contributed by atoms with Crippen molar-refractivity contribution < 1.29 is 14.2 Å². The average Bonchev–Trinajstić information content (AvgIpc) is 2.52. The molecule has 0 aliphatic heterocycles. The van der Waals surface area contributed by atoms with Gasteiger partial charge in [0, 0.05) is 10.6 Å². The highest BCUT2D eigenvalue weighted by molar-refractivity contribution is 8.00. The van der Waals surface area contributed by atoms with Gasteiger partial charge in [-0.05, 0) is 36.2 Å². The minimum Gasteiger partial charge on any atom is -0.493 e. The Labute approximate surface area is 123 Å². The standard InChI is InChI=1S/C15H17NO3S/c1-17-13-9-12(10-14(18-2)15(13)19-3)20-16-11-7-5-4-6-8-11/h4-10,16H,1-3H3. The maximum Gasteiger partial charge on any atom is 0.203 e. The molecule has 0 saturated heterocycles. The van der Waals surface area contributed by atoms with Crippen molar-refractivity contribution in [2.45, 2.75) is 4.90 Å². The molecule has 0 amide bonds. The van der Waals surface area contributed by atoms with E-state index in [9.17, 15) is 0 Å². The Morgan fingerprint density at radius 2 is 1.45 bits per heavy atom. The van der Waals surface area contributed by atoms with Gasteiger partial charge in [0.1, 0.15) is 0 Å². The normalized spacial score (nSPS) is 9.95. The summed E-state index contributed by atoms with van der Waals surface area (Å²) < 4.78 is 19.2. The predicted molar refractivity (Wildman–Crippen MR) is 82.0 cm³/mol. The Hall–Kier alpha value is -2.01. The highest BCUT2D eigenvalue weighted by Gasteiger charge is 2.13. The van der Waals surface area contributed by atoms with E-state index >= 15 is 0 Å². The van der Waals surface area contributed by atoms with Gasteiger partial charge in [0.25, 0.3) is 0 Å². The maximum atomic E-state index is 5.33. The van der Waals surface area contributed by atoms with Crippen LogP contribution in [0.2, 0.25) is 0 Å². The van der Waals surface area contributed by atoms with Gasteiger partial charge in [-0.3, -0.25) is 0 Å². The van der Waals surface area contributed by atoms with E-state index in [1.807, 2.05) is 42.5 Å². The monoisotopic (exact) mass is 291 g/mol. The molecule has 0 aromatic heterocycles. The second-order valence-electron chi connectivity index (χ2n) is 3.93. The number of para-hydroxylation sites is 1. The molecule has 5 heteroatoms. The first-order chi connectivity index (χ1) is 9.78. The predicted octanol–water partition coefficient (Wildman–Crippen LogP) is 3.83. The molecule has 2 aromatic carbocycles. The topological polar surface area (TPSA) is 39.7 Å². The number of methoxy groups -OCH3 is 3. The molecule has 0 radical (unpaired) electrons. The van der Waals surface area contributed by atoms with Crippen molar-refractivity contribution in [3.63, 3.8) is 0 Å². The van der Waals surface area contributed by atoms with Crippen LogP contribution >= 0.6 is 11.9 Å². The number of hydrogen-bond donors (Lipinski definition) is 1. The highest BCUT2D eigenvalue weighted by Crippen LogP contribution is 2.40. The van der Waals surface area contributed by atoms with Crippen LogP contribution in [-0.2, 0) is 0 Å². The Morgan fingerprint density at radius 3 is 1.95 bits per heavy atom. The third-order valence-corrected chi connectivity index (χ3v) is 3.51. The fraction of sp³-hybridized carbons (Fsp3) is 0.200. The zero-order chi connectivity index (χ0) is 14.4. The molecule has 2 aromatic rings. The zero-order valence-electron chi connectivity index (χ0n) is 11.7. The van der Waals surface area contributed by atoms with Crippen LogP contribution in [0.15, 0.2) is 47.4 Å². The number of hydrogen-bond acceptors (Lipinski definition) is 5. The summed E-state index contributed by atoms with van der Waals surface area (Å²) in [5, 5.41) is 0. The van der Waals surface area contributed by atoms with Crippen LogP contribution in [0.1, 0.15) is 0 Å². The molecule has 0 bridgehead atoms. The van der Waals surface area contributed by atoms with Crippen molar-refractivity contribution >= 4 is 17.6 Å². The lowest BCUT2D eigenvalue weighted by atomic mass is 10.3. The molecule has 0 saturated carbocycles. The van der Waals surface area contributed by atoms with Crippen molar-refractivity contribution in [1.29, 1.82) is 0 Å². The molecule has 106 valence electrons. The van der Waals surface area contributed by atoms with Crippen LogP contribution < -0.4 is 18.9 Å². The Kier molecular flexibility index (Phi) is 5.01. The summed E-state index contributed by atoms with van der Waals surface area (Å²) >= 11 is 1.49. The van der Waals surface area contributed by atoms with E-state index in [1.165, 1.54) is 11.9 Å². The van der Waals surface area contributed by atoms with Crippen molar-refractivity contribution in [3.05, 3.63) is 42.5 Å².